The number of carboxylic acid groups (broad SMARTS) is 1. The summed E-state index contributed by atoms with van der Waals surface area (Å²) in [6.07, 6.45) is 1.37. The van der Waals surface area contributed by atoms with Crippen LogP contribution < -0.4 is 0 Å². The van der Waals surface area contributed by atoms with Crippen LogP contribution in [0.15, 0.2) is 91.0 Å². The summed E-state index contributed by atoms with van der Waals surface area (Å²) in [6.45, 7) is 1.80. The predicted octanol–water partition coefficient (Wildman–Crippen LogP) is 6.86. The molecule has 0 aliphatic heterocycles. The van der Waals surface area contributed by atoms with E-state index in [-0.39, 0.29) is 0 Å². The number of rotatable bonds is 5. The molecular formula is C29H24O2. The zero-order valence-electron chi connectivity index (χ0n) is 17.5. The minimum absolute atomic E-state index is 0.433. The Morgan fingerprint density at radius 3 is 2.06 bits per heavy atom. The second kappa shape index (κ2) is 7.88. The van der Waals surface area contributed by atoms with Gasteiger partial charge in [-0.15, -0.1) is 0 Å². The molecule has 1 atom stereocenters. The largest absolute Gasteiger partial charge is 0.481 e. The van der Waals surface area contributed by atoms with E-state index in [0.717, 1.165) is 23.1 Å². The Hall–Kier alpha value is -3.65. The Labute approximate surface area is 182 Å². The number of fused-ring (bicyclic) bond motifs is 3. The molecule has 1 aliphatic carbocycles. The van der Waals surface area contributed by atoms with E-state index >= 15 is 0 Å². The van der Waals surface area contributed by atoms with Crippen molar-refractivity contribution in [1.29, 1.82) is 0 Å². The van der Waals surface area contributed by atoms with Crippen LogP contribution in [0.5, 0.6) is 0 Å². The smallest absolute Gasteiger partial charge is 0.306 e. The van der Waals surface area contributed by atoms with Crippen LogP contribution in [0.1, 0.15) is 23.6 Å². The van der Waals surface area contributed by atoms with Crippen LogP contribution in [0.2, 0.25) is 0 Å². The van der Waals surface area contributed by atoms with E-state index in [1.54, 1.807) is 6.92 Å². The number of aliphatic carboxylic acids is 1. The SMILES string of the molecule is CC(Cc1c(-c2ccccc2)ccc2c1Cc1cc(-c3ccccc3)ccc1-2)C(=O)O. The molecule has 0 amide bonds. The van der Waals surface area contributed by atoms with Gasteiger partial charge in [0.1, 0.15) is 0 Å². The minimum Gasteiger partial charge on any atom is -0.481 e. The van der Waals surface area contributed by atoms with Gasteiger partial charge in [-0.3, -0.25) is 4.79 Å². The van der Waals surface area contributed by atoms with Crippen LogP contribution in [0.3, 0.4) is 0 Å². The van der Waals surface area contributed by atoms with Crippen molar-refractivity contribution < 1.29 is 9.90 Å². The van der Waals surface area contributed by atoms with Crippen LogP contribution >= 0.6 is 0 Å². The fraction of sp³-hybridized carbons (Fsp3) is 0.138. The minimum atomic E-state index is -0.751. The van der Waals surface area contributed by atoms with Gasteiger partial charge < -0.3 is 5.11 Å². The van der Waals surface area contributed by atoms with Crippen LogP contribution in [0.4, 0.5) is 0 Å². The van der Waals surface area contributed by atoms with Gasteiger partial charge in [-0.25, -0.2) is 0 Å². The molecule has 0 fully saturated rings. The second-order valence-corrected chi connectivity index (χ2v) is 8.34. The van der Waals surface area contributed by atoms with Crippen molar-refractivity contribution in [2.75, 3.05) is 0 Å². The van der Waals surface area contributed by atoms with Gasteiger partial charge in [-0.05, 0) is 62.9 Å². The number of hydrogen-bond acceptors (Lipinski definition) is 1. The Kier molecular flexibility index (Phi) is 4.91. The van der Waals surface area contributed by atoms with E-state index < -0.39 is 11.9 Å². The summed E-state index contributed by atoms with van der Waals surface area (Å²) < 4.78 is 0. The van der Waals surface area contributed by atoms with Gasteiger partial charge >= 0.3 is 5.97 Å². The van der Waals surface area contributed by atoms with Crippen molar-refractivity contribution >= 4 is 5.97 Å². The highest BCUT2D eigenvalue weighted by molar-refractivity contribution is 5.85. The first-order valence-electron chi connectivity index (χ1n) is 10.7. The number of benzene rings is 4. The lowest BCUT2D eigenvalue weighted by atomic mass is 9.87. The average molecular weight is 405 g/mol. The van der Waals surface area contributed by atoms with Crippen LogP contribution in [-0.4, -0.2) is 11.1 Å². The van der Waals surface area contributed by atoms with Crippen molar-refractivity contribution in [2.45, 2.75) is 19.8 Å². The maximum atomic E-state index is 11.7. The van der Waals surface area contributed by atoms with E-state index in [4.69, 9.17) is 0 Å². The Balaban J connectivity index is 1.62. The molecule has 1 aliphatic rings. The highest BCUT2D eigenvalue weighted by Crippen LogP contribution is 2.43. The van der Waals surface area contributed by atoms with E-state index in [2.05, 4.69) is 66.7 Å². The van der Waals surface area contributed by atoms with Crippen molar-refractivity contribution in [1.82, 2.24) is 0 Å². The average Bonchev–Trinajstić information content (AvgIpc) is 3.18. The van der Waals surface area contributed by atoms with Crippen molar-refractivity contribution in [3.63, 3.8) is 0 Å². The molecule has 0 spiro atoms. The van der Waals surface area contributed by atoms with Crippen molar-refractivity contribution in [2.24, 2.45) is 5.92 Å². The Morgan fingerprint density at radius 1 is 0.774 bits per heavy atom. The summed E-state index contributed by atoms with van der Waals surface area (Å²) in [6, 6.07) is 31.8. The monoisotopic (exact) mass is 404 g/mol. The van der Waals surface area contributed by atoms with Crippen LogP contribution in [0, 0.1) is 5.92 Å². The lowest BCUT2D eigenvalue weighted by molar-refractivity contribution is -0.141. The first-order chi connectivity index (χ1) is 15.1. The lowest BCUT2D eigenvalue weighted by Gasteiger charge is -2.17. The van der Waals surface area contributed by atoms with E-state index in [0.29, 0.717) is 6.42 Å². The first kappa shape index (κ1) is 19.3. The third-order valence-electron chi connectivity index (χ3n) is 6.32. The quantitative estimate of drug-likeness (QED) is 0.348. The maximum absolute atomic E-state index is 11.7. The molecule has 4 aromatic carbocycles. The molecule has 1 N–H and O–H groups in total. The molecular weight excluding hydrogens is 380 g/mol. The first-order valence-corrected chi connectivity index (χ1v) is 10.7. The molecule has 2 nitrogen and oxygen atoms in total. The highest BCUT2D eigenvalue weighted by Gasteiger charge is 2.26. The van der Waals surface area contributed by atoms with Crippen molar-refractivity contribution in [3.05, 3.63) is 108 Å². The third kappa shape index (κ3) is 3.55. The molecule has 0 radical (unpaired) electrons. The van der Waals surface area contributed by atoms with Gasteiger partial charge in [0.05, 0.1) is 5.92 Å². The molecule has 0 saturated heterocycles. The summed E-state index contributed by atoms with van der Waals surface area (Å²) in [4.78, 5) is 11.7. The van der Waals surface area contributed by atoms with E-state index in [1.807, 2.05) is 24.3 Å². The van der Waals surface area contributed by atoms with Gasteiger partial charge in [-0.1, -0.05) is 97.9 Å². The molecule has 5 rings (SSSR count). The zero-order chi connectivity index (χ0) is 21.4. The molecule has 2 heteroatoms. The molecule has 0 bridgehead atoms. The normalized spacial score (nSPS) is 12.8. The van der Waals surface area contributed by atoms with E-state index in [1.165, 1.54) is 33.4 Å². The molecule has 4 aromatic rings. The summed E-state index contributed by atoms with van der Waals surface area (Å²) in [5.41, 5.74) is 11.0. The fourth-order valence-electron chi connectivity index (χ4n) is 4.67. The van der Waals surface area contributed by atoms with Gasteiger partial charge in [0.15, 0.2) is 0 Å². The highest BCUT2D eigenvalue weighted by atomic mass is 16.4. The lowest BCUT2D eigenvalue weighted by Crippen LogP contribution is -2.14. The van der Waals surface area contributed by atoms with Gasteiger partial charge in [-0.2, -0.15) is 0 Å². The van der Waals surface area contributed by atoms with E-state index in [9.17, 15) is 9.90 Å². The standard InChI is InChI=1S/C29H24O2/c1-19(29(30)31)16-27-24(21-10-6-3-7-11-21)14-15-26-25-13-12-22(17-23(25)18-28(26)27)20-8-4-2-5-9-20/h2-15,17,19H,16,18H2,1H3,(H,30,31). The Bertz CT molecular complexity index is 1260. The van der Waals surface area contributed by atoms with Crippen LogP contribution in [-0.2, 0) is 17.6 Å². The molecule has 0 aromatic heterocycles. The van der Waals surface area contributed by atoms with Gasteiger partial charge in [0.2, 0.25) is 0 Å². The molecule has 0 saturated carbocycles. The Morgan fingerprint density at radius 2 is 1.39 bits per heavy atom. The summed E-state index contributed by atoms with van der Waals surface area (Å²) in [5, 5.41) is 9.59. The fourth-order valence-corrected chi connectivity index (χ4v) is 4.67. The zero-order valence-corrected chi connectivity index (χ0v) is 17.5. The summed E-state index contributed by atoms with van der Waals surface area (Å²) in [5.74, 6) is -1.18. The van der Waals surface area contributed by atoms with Crippen molar-refractivity contribution in [3.8, 4) is 33.4 Å². The number of hydrogen-bond donors (Lipinski definition) is 1. The van der Waals surface area contributed by atoms with Gasteiger partial charge in [0.25, 0.3) is 0 Å². The molecule has 1 unspecified atom stereocenters. The molecule has 152 valence electrons. The topological polar surface area (TPSA) is 37.3 Å². The van der Waals surface area contributed by atoms with Gasteiger partial charge in [0, 0.05) is 0 Å². The summed E-state index contributed by atoms with van der Waals surface area (Å²) in [7, 11) is 0. The molecule has 31 heavy (non-hydrogen) atoms. The van der Waals surface area contributed by atoms with Crippen LogP contribution in [0.25, 0.3) is 33.4 Å². The third-order valence-corrected chi connectivity index (χ3v) is 6.32. The predicted molar refractivity (Wildman–Crippen MR) is 126 cm³/mol. The molecule has 0 heterocycles. The summed E-state index contributed by atoms with van der Waals surface area (Å²) >= 11 is 0. The number of carboxylic acids is 1. The second-order valence-electron chi connectivity index (χ2n) is 8.34. The maximum Gasteiger partial charge on any atom is 0.306 e. The number of carbonyl (C=O) groups is 1.